The Morgan fingerprint density at radius 1 is 0.868 bits per heavy atom. The molecule has 0 radical (unpaired) electrons. The van der Waals surface area contributed by atoms with E-state index in [1.54, 1.807) is 30.3 Å². The van der Waals surface area contributed by atoms with E-state index >= 15 is 0 Å². The molecule has 3 aromatic carbocycles. The van der Waals surface area contributed by atoms with Gasteiger partial charge in [0.1, 0.15) is 12.6 Å². The van der Waals surface area contributed by atoms with Crippen molar-refractivity contribution in [3.8, 4) is 0 Å². The van der Waals surface area contributed by atoms with E-state index in [0.717, 1.165) is 16.7 Å². The van der Waals surface area contributed by atoms with E-state index in [4.69, 9.17) is 0 Å². The largest absolute Gasteiger partial charge is 0.355 e. The first-order chi connectivity index (χ1) is 18.2. The fourth-order valence-electron chi connectivity index (χ4n) is 4.43. The SMILES string of the molecule is CCNC(=O)C(CC)N(CCc1ccccc1)C(=O)CN(c1cccc(C)c1C)S(=O)(=O)c1ccccc1. The second-order valence-electron chi connectivity index (χ2n) is 9.19. The molecule has 8 heteroatoms. The van der Waals surface area contributed by atoms with Crippen molar-refractivity contribution in [2.24, 2.45) is 0 Å². The van der Waals surface area contributed by atoms with Gasteiger partial charge in [0.15, 0.2) is 0 Å². The van der Waals surface area contributed by atoms with Crippen LogP contribution in [0.2, 0.25) is 0 Å². The Kier molecular flexibility index (Phi) is 10.1. The maximum absolute atomic E-state index is 14.0. The second kappa shape index (κ2) is 13.2. The molecule has 3 aromatic rings. The van der Waals surface area contributed by atoms with Crippen LogP contribution >= 0.6 is 0 Å². The molecule has 3 rings (SSSR count). The first-order valence-corrected chi connectivity index (χ1v) is 14.4. The number of anilines is 1. The molecule has 0 fully saturated rings. The third kappa shape index (κ3) is 6.81. The number of hydrogen-bond acceptors (Lipinski definition) is 4. The van der Waals surface area contributed by atoms with Gasteiger partial charge in [-0.05, 0) is 68.5 Å². The monoisotopic (exact) mass is 535 g/mol. The number of rotatable bonds is 12. The van der Waals surface area contributed by atoms with Gasteiger partial charge in [-0.15, -0.1) is 0 Å². The summed E-state index contributed by atoms with van der Waals surface area (Å²) in [5, 5.41) is 2.82. The van der Waals surface area contributed by atoms with Gasteiger partial charge in [-0.2, -0.15) is 0 Å². The zero-order valence-electron chi connectivity index (χ0n) is 22.6. The summed E-state index contributed by atoms with van der Waals surface area (Å²) in [5.41, 5.74) is 3.15. The van der Waals surface area contributed by atoms with Crippen LogP contribution < -0.4 is 9.62 Å². The average molecular weight is 536 g/mol. The van der Waals surface area contributed by atoms with Gasteiger partial charge in [0.25, 0.3) is 10.0 Å². The van der Waals surface area contributed by atoms with Crippen LogP contribution in [-0.2, 0) is 26.0 Å². The minimum Gasteiger partial charge on any atom is -0.355 e. The van der Waals surface area contributed by atoms with E-state index in [-0.39, 0.29) is 17.3 Å². The summed E-state index contributed by atoms with van der Waals surface area (Å²) in [7, 11) is -4.07. The maximum atomic E-state index is 14.0. The van der Waals surface area contributed by atoms with Crippen LogP contribution in [0, 0.1) is 13.8 Å². The van der Waals surface area contributed by atoms with Gasteiger partial charge >= 0.3 is 0 Å². The first kappa shape index (κ1) is 28.9. The summed E-state index contributed by atoms with van der Waals surface area (Å²) >= 11 is 0. The molecule has 0 saturated carbocycles. The fraction of sp³-hybridized carbons (Fsp3) is 0.333. The van der Waals surface area contributed by atoms with Gasteiger partial charge < -0.3 is 10.2 Å². The van der Waals surface area contributed by atoms with E-state index in [1.165, 1.54) is 21.3 Å². The lowest BCUT2D eigenvalue weighted by Gasteiger charge is -2.33. The Balaban J connectivity index is 2.03. The molecular formula is C30H37N3O4S. The minimum atomic E-state index is -4.07. The van der Waals surface area contributed by atoms with Gasteiger partial charge in [0.2, 0.25) is 11.8 Å². The van der Waals surface area contributed by atoms with Gasteiger partial charge in [0.05, 0.1) is 10.6 Å². The predicted octanol–water partition coefficient (Wildman–Crippen LogP) is 4.48. The summed E-state index contributed by atoms with van der Waals surface area (Å²) < 4.78 is 28.9. The van der Waals surface area contributed by atoms with Crippen molar-refractivity contribution in [2.45, 2.75) is 51.5 Å². The van der Waals surface area contributed by atoms with Crippen molar-refractivity contribution < 1.29 is 18.0 Å². The number of amides is 2. The van der Waals surface area contributed by atoms with Crippen LogP contribution in [0.1, 0.15) is 37.0 Å². The summed E-state index contributed by atoms with van der Waals surface area (Å²) in [6.07, 6.45) is 0.943. The molecule has 0 saturated heterocycles. The highest BCUT2D eigenvalue weighted by atomic mass is 32.2. The van der Waals surface area contributed by atoms with Crippen molar-refractivity contribution in [1.29, 1.82) is 0 Å². The topological polar surface area (TPSA) is 86.8 Å². The third-order valence-corrected chi connectivity index (χ3v) is 8.45. The van der Waals surface area contributed by atoms with Gasteiger partial charge in [-0.1, -0.05) is 67.6 Å². The second-order valence-corrected chi connectivity index (χ2v) is 11.0. The van der Waals surface area contributed by atoms with Gasteiger partial charge in [-0.25, -0.2) is 8.42 Å². The highest BCUT2D eigenvalue weighted by Crippen LogP contribution is 2.29. The molecule has 0 bridgehead atoms. The molecule has 1 atom stereocenters. The predicted molar refractivity (Wildman–Crippen MR) is 152 cm³/mol. The molecular weight excluding hydrogens is 498 g/mol. The fourth-order valence-corrected chi connectivity index (χ4v) is 5.92. The van der Waals surface area contributed by atoms with Crippen molar-refractivity contribution in [3.05, 3.63) is 95.6 Å². The van der Waals surface area contributed by atoms with E-state index in [1.807, 2.05) is 64.1 Å². The van der Waals surface area contributed by atoms with Crippen LogP contribution in [-0.4, -0.2) is 50.8 Å². The number of carbonyl (C=O) groups is 2. The van der Waals surface area contributed by atoms with Crippen molar-refractivity contribution >= 4 is 27.5 Å². The number of nitrogens with zero attached hydrogens (tertiary/aromatic N) is 2. The summed E-state index contributed by atoms with van der Waals surface area (Å²) in [5.74, 6) is -0.680. The summed E-state index contributed by atoms with van der Waals surface area (Å²) in [6.45, 7) is 7.73. The quantitative estimate of drug-likeness (QED) is 0.370. The molecule has 0 heterocycles. The molecule has 0 aliphatic rings. The molecule has 202 valence electrons. The van der Waals surface area contributed by atoms with Crippen LogP contribution in [0.3, 0.4) is 0 Å². The van der Waals surface area contributed by atoms with E-state index < -0.39 is 28.5 Å². The lowest BCUT2D eigenvalue weighted by molar-refractivity contribution is -0.139. The molecule has 38 heavy (non-hydrogen) atoms. The van der Waals surface area contributed by atoms with E-state index in [0.29, 0.717) is 25.1 Å². The molecule has 0 aliphatic carbocycles. The highest BCUT2D eigenvalue weighted by molar-refractivity contribution is 7.92. The number of benzene rings is 3. The average Bonchev–Trinajstić information content (AvgIpc) is 2.92. The first-order valence-electron chi connectivity index (χ1n) is 13.0. The minimum absolute atomic E-state index is 0.0975. The number of carbonyl (C=O) groups excluding carboxylic acids is 2. The molecule has 7 nitrogen and oxygen atoms in total. The van der Waals surface area contributed by atoms with Crippen molar-refractivity contribution in [1.82, 2.24) is 10.2 Å². The van der Waals surface area contributed by atoms with Gasteiger partial charge in [-0.3, -0.25) is 13.9 Å². The number of aryl methyl sites for hydroxylation is 1. The maximum Gasteiger partial charge on any atom is 0.264 e. The Labute approximate surface area is 226 Å². The molecule has 0 aromatic heterocycles. The van der Waals surface area contributed by atoms with Crippen molar-refractivity contribution in [3.63, 3.8) is 0 Å². The van der Waals surface area contributed by atoms with Crippen LogP contribution in [0.5, 0.6) is 0 Å². The molecule has 0 spiro atoms. The normalized spacial score (nSPS) is 12.0. The van der Waals surface area contributed by atoms with Crippen LogP contribution in [0.15, 0.2) is 83.8 Å². The summed E-state index contributed by atoms with van der Waals surface area (Å²) in [4.78, 5) is 28.6. The lowest BCUT2D eigenvalue weighted by Crippen LogP contribution is -2.53. The summed E-state index contributed by atoms with van der Waals surface area (Å²) in [6, 6.07) is 22.5. The molecule has 1 unspecified atom stereocenters. The van der Waals surface area contributed by atoms with E-state index in [9.17, 15) is 18.0 Å². The number of sulfonamides is 1. The van der Waals surface area contributed by atoms with Crippen LogP contribution in [0.25, 0.3) is 0 Å². The molecule has 0 aliphatic heterocycles. The highest BCUT2D eigenvalue weighted by Gasteiger charge is 2.33. The lowest BCUT2D eigenvalue weighted by atomic mass is 10.1. The zero-order chi connectivity index (χ0) is 27.7. The van der Waals surface area contributed by atoms with Crippen LogP contribution in [0.4, 0.5) is 5.69 Å². The zero-order valence-corrected chi connectivity index (χ0v) is 23.4. The Morgan fingerprint density at radius 3 is 2.11 bits per heavy atom. The molecule has 2 amide bonds. The van der Waals surface area contributed by atoms with E-state index in [2.05, 4.69) is 5.32 Å². The standard InChI is InChI=1S/C30H37N3O4S/c1-5-27(30(35)31-6-2)32(21-20-25-15-9-7-10-16-25)29(34)22-33(28-19-13-14-23(3)24(28)4)38(36,37)26-17-11-8-12-18-26/h7-19,27H,5-6,20-22H2,1-4H3,(H,31,35). The smallest absolute Gasteiger partial charge is 0.264 e. The Bertz CT molecular complexity index is 1330. The molecule has 1 N–H and O–H groups in total. The number of nitrogens with one attached hydrogen (secondary N) is 1. The third-order valence-electron chi connectivity index (χ3n) is 6.68. The Morgan fingerprint density at radius 2 is 1.50 bits per heavy atom. The van der Waals surface area contributed by atoms with Gasteiger partial charge in [0, 0.05) is 13.1 Å². The Hall–Kier alpha value is -3.65. The number of hydrogen-bond donors (Lipinski definition) is 1. The number of likely N-dealkylation sites (N-methyl/N-ethyl adjacent to an activating group) is 1. The van der Waals surface area contributed by atoms with Crippen molar-refractivity contribution in [2.75, 3.05) is 23.9 Å².